The third kappa shape index (κ3) is 2.06. The zero-order valence-corrected chi connectivity index (χ0v) is 10.3. The molecule has 5 heteroatoms. The molecular formula is C13H14N4O. The van der Waals surface area contributed by atoms with Gasteiger partial charge < -0.3 is 10.5 Å². The van der Waals surface area contributed by atoms with Gasteiger partial charge in [0.25, 0.3) is 0 Å². The Hall–Kier alpha value is -2.32. The summed E-state index contributed by atoms with van der Waals surface area (Å²) in [6.45, 7) is 1.90. The quantitative estimate of drug-likeness (QED) is 0.893. The fraction of sp³-hybridized carbons (Fsp3) is 0.231. The summed E-state index contributed by atoms with van der Waals surface area (Å²) in [7, 11) is 1.62. The molecule has 18 heavy (non-hydrogen) atoms. The lowest BCUT2D eigenvalue weighted by molar-refractivity contribution is 0.114. The molecule has 1 aromatic heterocycles. The lowest BCUT2D eigenvalue weighted by Crippen LogP contribution is -2.08. The molecule has 92 valence electrons. The molecule has 0 fully saturated rings. The van der Waals surface area contributed by atoms with Crippen molar-refractivity contribution < 1.29 is 4.74 Å². The van der Waals surface area contributed by atoms with E-state index in [9.17, 15) is 0 Å². The normalized spacial score (nSPS) is 12.1. The van der Waals surface area contributed by atoms with Crippen molar-refractivity contribution >= 4 is 5.69 Å². The Kier molecular flexibility index (Phi) is 3.31. The van der Waals surface area contributed by atoms with Gasteiger partial charge in [0, 0.05) is 7.11 Å². The standard InChI is InChI=1S/C13H14N4O/c1-9(18-2)13-12(15)8-16-17(13)11-5-3-4-10(6-11)7-14/h3-6,8-9H,15H2,1-2H3/t9-/m0/s1. The number of nitrogens with two attached hydrogens (primary N) is 1. The number of anilines is 1. The van der Waals surface area contributed by atoms with Crippen LogP contribution in [0.1, 0.15) is 24.3 Å². The largest absolute Gasteiger partial charge is 0.396 e. The minimum atomic E-state index is -0.168. The first-order valence-corrected chi connectivity index (χ1v) is 5.54. The molecule has 1 heterocycles. The first-order chi connectivity index (χ1) is 8.67. The van der Waals surface area contributed by atoms with E-state index in [1.54, 1.807) is 30.1 Å². The molecule has 0 aliphatic rings. The average Bonchev–Trinajstić information content (AvgIpc) is 2.80. The Balaban J connectivity index is 2.54. The Morgan fingerprint density at radius 3 is 2.94 bits per heavy atom. The van der Waals surface area contributed by atoms with Crippen LogP contribution in [-0.4, -0.2) is 16.9 Å². The highest BCUT2D eigenvalue weighted by Gasteiger charge is 2.16. The number of nitrogens with zero attached hydrogens (tertiary/aromatic N) is 3. The predicted molar refractivity (Wildman–Crippen MR) is 68.1 cm³/mol. The average molecular weight is 242 g/mol. The van der Waals surface area contributed by atoms with Crippen molar-refractivity contribution in [3.05, 3.63) is 41.7 Å². The highest BCUT2D eigenvalue weighted by atomic mass is 16.5. The molecule has 0 aliphatic heterocycles. The predicted octanol–water partition coefficient (Wildman–Crippen LogP) is 2.03. The molecule has 0 saturated heterocycles. The van der Waals surface area contributed by atoms with Gasteiger partial charge in [-0.15, -0.1) is 0 Å². The summed E-state index contributed by atoms with van der Waals surface area (Å²) in [6.07, 6.45) is 1.42. The summed E-state index contributed by atoms with van der Waals surface area (Å²) in [4.78, 5) is 0. The minimum Gasteiger partial charge on any atom is -0.396 e. The second kappa shape index (κ2) is 4.90. The fourth-order valence-corrected chi connectivity index (χ4v) is 1.80. The second-order valence-electron chi connectivity index (χ2n) is 3.94. The van der Waals surface area contributed by atoms with Crippen LogP contribution in [0, 0.1) is 11.3 Å². The van der Waals surface area contributed by atoms with Crippen LogP contribution in [0.2, 0.25) is 0 Å². The first-order valence-electron chi connectivity index (χ1n) is 5.54. The van der Waals surface area contributed by atoms with Crippen molar-refractivity contribution in [1.82, 2.24) is 9.78 Å². The summed E-state index contributed by atoms with van der Waals surface area (Å²) < 4.78 is 6.99. The van der Waals surface area contributed by atoms with E-state index >= 15 is 0 Å². The molecule has 2 rings (SSSR count). The number of nitriles is 1. The Labute approximate surface area is 105 Å². The Morgan fingerprint density at radius 2 is 2.28 bits per heavy atom. The van der Waals surface area contributed by atoms with Gasteiger partial charge in [-0.3, -0.25) is 0 Å². The van der Waals surface area contributed by atoms with Crippen LogP contribution in [0.3, 0.4) is 0 Å². The Bertz CT molecular complexity index is 597. The van der Waals surface area contributed by atoms with Gasteiger partial charge in [-0.2, -0.15) is 10.4 Å². The molecule has 1 atom stereocenters. The first kappa shape index (κ1) is 12.1. The van der Waals surface area contributed by atoms with Crippen molar-refractivity contribution in [1.29, 1.82) is 5.26 Å². The topological polar surface area (TPSA) is 76.9 Å². The number of benzene rings is 1. The maximum atomic E-state index is 8.91. The van der Waals surface area contributed by atoms with E-state index in [0.29, 0.717) is 11.3 Å². The van der Waals surface area contributed by atoms with Gasteiger partial charge in [0.15, 0.2) is 0 Å². The zero-order chi connectivity index (χ0) is 13.1. The van der Waals surface area contributed by atoms with Gasteiger partial charge in [-0.1, -0.05) is 6.07 Å². The maximum absolute atomic E-state index is 8.91. The molecule has 0 amide bonds. The number of hydrogen-bond donors (Lipinski definition) is 1. The van der Waals surface area contributed by atoms with Crippen LogP contribution >= 0.6 is 0 Å². The molecule has 5 nitrogen and oxygen atoms in total. The lowest BCUT2D eigenvalue weighted by Gasteiger charge is -2.13. The lowest BCUT2D eigenvalue weighted by atomic mass is 10.2. The van der Waals surface area contributed by atoms with Gasteiger partial charge in [-0.05, 0) is 25.1 Å². The molecule has 2 aromatic rings. The zero-order valence-electron chi connectivity index (χ0n) is 10.3. The van der Waals surface area contributed by atoms with Crippen molar-refractivity contribution in [3.8, 4) is 11.8 Å². The third-order valence-corrected chi connectivity index (χ3v) is 2.79. The second-order valence-corrected chi connectivity index (χ2v) is 3.94. The number of aromatic nitrogens is 2. The number of nitrogen functional groups attached to an aromatic ring is 1. The molecule has 0 saturated carbocycles. The van der Waals surface area contributed by atoms with E-state index in [1.165, 1.54) is 0 Å². The molecule has 0 aliphatic carbocycles. The van der Waals surface area contributed by atoms with Crippen molar-refractivity contribution in [2.75, 3.05) is 12.8 Å². The van der Waals surface area contributed by atoms with Crippen LogP contribution in [0.25, 0.3) is 5.69 Å². The van der Waals surface area contributed by atoms with Crippen LogP contribution < -0.4 is 5.73 Å². The molecule has 0 radical (unpaired) electrons. The highest BCUT2D eigenvalue weighted by molar-refractivity contribution is 5.49. The van der Waals surface area contributed by atoms with Gasteiger partial charge in [0.1, 0.15) is 0 Å². The van der Waals surface area contributed by atoms with E-state index in [-0.39, 0.29) is 6.10 Å². The SMILES string of the molecule is CO[C@@H](C)c1c(N)cnn1-c1cccc(C#N)c1. The smallest absolute Gasteiger partial charge is 0.0992 e. The summed E-state index contributed by atoms with van der Waals surface area (Å²) in [5.41, 5.74) is 8.63. The van der Waals surface area contributed by atoms with E-state index in [4.69, 9.17) is 15.7 Å². The van der Waals surface area contributed by atoms with E-state index in [2.05, 4.69) is 11.2 Å². The van der Waals surface area contributed by atoms with Crippen molar-refractivity contribution in [3.63, 3.8) is 0 Å². The number of methoxy groups -OCH3 is 1. The minimum absolute atomic E-state index is 0.168. The summed E-state index contributed by atoms with van der Waals surface area (Å²) in [6, 6.07) is 9.30. The van der Waals surface area contributed by atoms with Gasteiger partial charge in [-0.25, -0.2) is 4.68 Å². The fourth-order valence-electron chi connectivity index (χ4n) is 1.80. The molecular weight excluding hydrogens is 228 g/mol. The van der Waals surface area contributed by atoms with Gasteiger partial charge in [0.05, 0.1) is 41.0 Å². The van der Waals surface area contributed by atoms with Crippen molar-refractivity contribution in [2.24, 2.45) is 0 Å². The van der Waals surface area contributed by atoms with E-state index < -0.39 is 0 Å². The van der Waals surface area contributed by atoms with E-state index in [0.717, 1.165) is 11.4 Å². The molecule has 0 unspecified atom stereocenters. The van der Waals surface area contributed by atoms with Crippen molar-refractivity contribution in [2.45, 2.75) is 13.0 Å². The molecule has 1 aromatic carbocycles. The van der Waals surface area contributed by atoms with Gasteiger partial charge in [0.2, 0.25) is 0 Å². The number of hydrogen-bond acceptors (Lipinski definition) is 4. The van der Waals surface area contributed by atoms with Gasteiger partial charge >= 0.3 is 0 Å². The molecule has 2 N–H and O–H groups in total. The summed E-state index contributed by atoms with van der Waals surface area (Å²) >= 11 is 0. The van der Waals surface area contributed by atoms with Crippen LogP contribution in [0.15, 0.2) is 30.5 Å². The molecule has 0 bridgehead atoms. The third-order valence-electron chi connectivity index (χ3n) is 2.79. The maximum Gasteiger partial charge on any atom is 0.0992 e. The summed E-state index contributed by atoms with van der Waals surface area (Å²) in [5.74, 6) is 0. The van der Waals surface area contributed by atoms with E-state index in [1.807, 2.05) is 19.1 Å². The number of rotatable bonds is 3. The summed E-state index contributed by atoms with van der Waals surface area (Å²) in [5, 5.41) is 13.1. The number of ether oxygens (including phenoxy) is 1. The van der Waals surface area contributed by atoms with Crippen LogP contribution in [0.4, 0.5) is 5.69 Å². The highest BCUT2D eigenvalue weighted by Crippen LogP contribution is 2.25. The Morgan fingerprint density at radius 1 is 1.50 bits per heavy atom. The monoisotopic (exact) mass is 242 g/mol. The molecule has 0 spiro atoms. The van der Waals surface area contributed by atoms with Crippen LogP contribution in [0.5, 0.6) is 0 Å². The van der Waals surface area contributed by atoms with Crippen LogP contribution in [-0.2, 0) is 4.74 Å².